The predicted molar refractivity (Wildman–Crippen MR) is 99.3 cm³/mol. The number of nitrogens with two attached hydrogens (primary N) is 1. The molecule has 0 saturated heterocycles. The number of benzene rings is 2. The monoisotopic (exact) mass is 375 g/mol. The van der Waals surface area contributed by atoms with E-state index in [9.17, 15) is 9.90 Å². The molecule has 4 nitrogen and oxygen atoms in total. The maximum absolute atomic E-state index is 12.0. The van der Waals surface area contributed by atoms with Crippen LogP contribution in [0, 0.1) is 0 Å². The van der Waals surface area contributed by atoms with E-state index in [-0.39, 0.29) is 24.2 Å². The van der Waals surface area contributed by atoms with Gasteiger partial charge in [-0.05, 0) is 36.3 Å². The number of ether oxygens (including phenoxy) is 1. The van der Waals surface area contributed by atoms with E-state index in [1.54, 1.807) is 19.3 Å². The van der Waals surface area contributed by atoms with Crippen LogP contribution in [0.5, 0.6) is 5.75 Å². The lowest BCUT2D eigenvalue weighted by molar-refractivity contribution is -0.693. The van der Waals surface area contributed by atoms with Crippen molar-refractivity contribution < 1.29 is 32.4 Å². The summed E-state index contributed by atoms with van der Waals surface area (Å²) in [6.45, 7) is 2.61. The van der Waals surface area contributed by atoms with Gasteiger partial charge in [-0.3, -0.25) is 4.79 Å². The Morgan fingerprint density at radius 2 is 1.92 bits per heavy atom. The lowest BCUT2D eigenvalue weighted by Gasteiger charge is -2.17. The third-order valence-electron chi connectivity index (χ3n) is 4.12. The molecule has 0 radical (unpaired) electrons. The third kappa shape index (κ3) is 7.00. The number of ketones is 1. The van der Waals surface area contributed by atoms with Crippen LogP contribution < -0.4 is 22.5 Å². The van der Waals surface area contributed by atoms with E-state index < -0.39 is 6.10 Å². The predicted octanol–water partition coefficient (Wildman–Crippen LogP) is -0.643. The summed E-state index contributed by atoms with van der Waals surface area (Å²) in [5.74, 6) is 0.840. The average molecular weight is 376 g/mol. The largest absolute Gasteiger partial charge is 1.00 e. The second-order valence-electron chi connectivity index (χ2n) is 6.07. The van der Waals surface area contributed by atoms with Gasteiger partial charge in [-0.25, -0.2) is 0 Å². The van der Waals surface area contributed by atoms with E-state index in [1.165, 1.54) is 0 Å². The van der Waals surface area contributed by atoms with Crippen LogP contribution in [0.15, 0.2) is 60.7 Å². The van der Waals surface area contributed by atoms with Crippen molar-refractivity contribution >= 4 is 11.9 Å². The Bertz CT molecular complexity index is 703. The highest BCUT2D eigenvalue weighted by molar-refractivity contribution is 5.93. The van der Waals surface area contributed by atoms with E-state index in [4.69, 9.17) is 4.74 Å². The van der Waals surface area contributed by atoms with Gasteiger partial charge in [-0.15, -0.1) is 0 Å². The minimum Gasteiger partial charge on any atom is -1.00 e. The molecule has 0 heterocycles. The second-order valence-corrected chi connectivity index (χ2v) is 6.07. The van der Waals surface area contributed by atoms with Crippen LogP contribution in [0.3, 0.4) is 0 Å². The Balaban J connectivity index is 0.00000338. The van der Waals surface area contributed by atoms with Gasteiger partial charge in [0.2, 0.25) is 0 Å². The number of hydrogen-bond acceptors (Lipinski definition) is 3. The SMILES string of the molecule is COc1cccc(/C=C/C(=O)CC[NH2+]C(C)C(O)c2ccccc2)c1.[Cl-]. The molecule has 0 aliphatic heterocycles. The molecule has 0 aromatic heterocycles. The van der Waals surface area contributed by atoms with Crippen LogP contribution in [0.4, 0.5) is 0 Å². The Kier molecular flexibility index (Phi) is 9.66. The van der Waals surface area contributed by atoms with Crippen LogP contribution in [-0.2, 0) is 4.79 Å². The lowest BCUT2D eigenvalue weighted by atomic mass is 10.0. The quantitative estimate of drug-likeness (QED) is 0.573. The summed E-state index contributed by atoms with van der Waals surface area (Å²) >= 11 is 0. The molecule has 2 rings (SSSR count). The summed E-state index contributed by atoms with van der Waals surface area (Å²) in [4.78, 5) is 12.0. The molecule has 0 fully saturated rings. The molecular weight excluding hydrogens is 350 g/mol. The van der Waals surface area contributed by atoms with Crippen LogP contribution in [0.2, 0.25) is 0 Å². The zero-order valence-corrected chi connectivity index (χ0v) is 15.9. The van der Waals surface area contributed by atoms with Crippen molar-refractivity contribution in [3.63, 3.8) is 0 Å². The van der Waals surface area contributed by atoms with Gasteiger partial charge in [0.05, 0.1) is 20.1 Å². The summed E-state index contributed by atoms with van der Waals surface area (Å²) in [5, 5.41) is 12.3. The Hall–Kier alpha value is -2.14. The van der Waals surface area contributed by atoms with E-state index in [1.807, 2.05) is 66.8 Å². The molecule has 0 bridgehead atoms. The molecule has 2 aromatic carbocycles. The molecule has 2 atom stereocenters. The van der Waals surface area contributed by atoms with E-state index in [2.05, 4.69) is 0 Å². The zero-order valence-electron chi connectivity index (χ0n) is 15.1. The average Bonchev–Trinajstić information content (AvgIpc) is 2.66. The lowest BCUT2D eigenvalue weighted by Crippen LogP contribution is -3.00. The fraction of sp³-hybridized carbons (Fsp3) is 0.286. The number of carbonyl (C=O) groups excluding carboxylic acids is 1. The number of allylic oxidation sites excluding steroid dienone is 1. The third-order valence-corrected chi connectivity index (χ3v) is 4.12. The molecular formula is C21H26ClNO3. The molecule has 0 amide bonds. The molecule has 2 aromatic rings. The fourth-order valence-electron chi connectivity index (χ4n) is 2.59. The van der Waals surface area contributed by atoms with Crippen molar-refractivity contribution in [3.05, 3.63) is 71.8 Å². The van der Waals surface area contributed by atoms with Gasteiger partial charge in [0, 0.05) is 0 Å². The highest BCUT2D eigenvalue weighted by Gasteiger charge is 2.18. The Morgan fingerprint density at radius 1 is 1.19 bits per heavy atom. The molecule has 0 spiro atoms. The minimum atomic E-state index is -0.538. The van der Waals surface area contributed by atoms with Crippen molar-refractivity contribution in [2.24, 2.45) is 0 Å². The number of halogens is 1. The van der Waals surface area contributed by atoms with Crippen LogP contribution in [0.1, 0.15) is 30.6 Å². The van der Waals surface area contributed by atoms with Crippen molar-refractivity contribution in [2.75, 3.05) is 13.7 Å². The summed E-state index contributed by atoms with van der Waals surface area (Å²) in [7, 11) is 1.62. The number of methoxy groups -OCH3 is 1. The zero-order chi connectivity index (χ0) is 18.1. The number of aliphatic hydroxyl groups is 1. The summed E-state index contributed by atoms with van der Waals surface area (Å²) in [6, 6.07) is 17.2. The fourth-order valence-corrected chi connectivity index (χ4v) is 2.59. The highest BCUT2D eigenvalue weighted by Crippen LogP contribution is 2.14. The first-order chi connectivity index (χ1) is 12.1. The Labute approximate surface area is 161 Å². The maximum atomic E-state index is 12.0. The summed E-state index contributed by atoms with van der Waals surface area (Å²) in [5.41, 5.74) is 1.83. The van der Waals surface area contributed by atoms with Gasteiger partial charge in [0.15, 0.2) is 5.78 Å². The molecule has 0 aliphatic rings. The number of quaternary nitrogens is 1. The summed E-state index contributed by atoms with van der Waals surface area (Å²) < 4.78 is 5.16. The molecule has 5 heteroatoms. The van der Waals surface area contributed by atoms with Gasteiger partial charge in [-0.1, -0.05) is 48.5 Å². The standard InChI is InChI=1S/C21H25NO3.ClH/c1-16(21(24)18-8-4-3-5-9-18)22-14-13-19(23)12-11-17-7-6-10-20(15-17)25-2;/h3-12,15-16,21-22,24H,13-14H2,1-2H3;1H/b12-11+;. The molecule has 0 saturated carbocycles. The number of rotatable bonds is 9. The number of carbonyl (C=O) groups is 1. The smallest absolute Gasteiger partial charge is 0.161 e. The van der Waals surface area contributed by atoms with Crippen molar-refractivity contribution in [2.45, 2.75) is 25.5 Å². The highest BCUT2D eigenvalue weighted by atomic mass is 35.5. The van der Waals surface area contributed by atoms with E-state index in [0.717, 1.165) is 16.9 Å². The van der Waals surface area contributed by atoms with Crippen molar-refractivity contribution in [1.82, 2.24) is 0 Å². The minimum absolute atomic E-state index is 0. The van der Waals surface area contributed by atoms with Crippen LogP contribution in [-0.4, -0.2) is 30.6 Å². The second kappa shape index (κ2) is 11.5. The van der Waals surface area contributed by atoms with Gasteiger partial charge in [0.25, 0.3) is 0 Å². The molecule has 3 N–H and O–H groups in total. The van der Waals surface area contributed by atoms with Gasteiger partial charge in [0.1, 0.15) is 17.9 Å². The van der Waals surface area contributed by atoms with E-state index in [0.29, 0.717) is 13.0 Å². The van der Waals surface area contributed by atoms with E-state index >= 15 is 0 Å². The van der Waals surface area contributed by atoms with Crippen molar-refractivity contribution in [1.29, 1.82) is 0 Å². The number of aliphatic hydroxyl groups excluding tert-OH is 1. The molecule has 26 heavy (non-hydrogen) atoms. The van der Waals surface area contributed by atoms with Gasteiger partial charge < -0.3 is 27.6 Å². The van der Waals surface area contributed by atoms with Gasteiger partial charge >= 0.3 is 0 Å². The first-order valence-electron chi connectivity index (χ1n) is 8.51. The Morgan fingerprint density at radius 3 is 2.62 bits per heavy atom. The van der Waals surface area contributed by atoms with Crippen LogP contribution in [0.25, 0.3) is 6.08 Å². The first-order valence-corrected chi connectivity index (χ1v) is 8.51. The topological polar surface area (TPSA) is 63.1 Å². The maximum Gasteiger partial charge on any atom is 0.161 e. The van der Waals surface area contributed by atoms with Gasteiger partial charge in [-0.2, -0.15) is 0 Å². The molecule has 2 unspecified atom stereocenters. The normalized spacial score (nSPS) is 13.0. The molecule has 0 aliphatic carbocycles. The van der Waals surface area contributed by atoms with Crippen molar-refractivity contribution in [3.8, 4) is 5.75 Å². The number of hydrogen-bond donors (Lipinski definition) is 2. The summed E-state index contributed by atoms with van der Waals surface area (Å²) in [6.07, 6.45) is 3.30. The van der Waals surface area contributed by atoms with Crippen LogP contribution >= 0.6 is 0 Å². The first kappa shape index (κ1) is 21.9. The molecule has 140 valence electrons.